The molecule has 2 heteroatoms. The lowest BCUT2D eigenvalue weighted by molar-refractivity contribution is -0.104. The smallest absolute Gasteiger partial charge is 0.149 e. The molecule has 0 saturated heterocycles. The molecule has 0 spiro atoms. The van der Waals surface area contributed by atoms with E-state index in [-0.39, 0.29) is 5.92 Å². The second-order valence-electron chi connectivity index (χ2n) is 4.50. The molecule has 0 radical (unpaired) electrons. The summed E-state index contributed by atoms with van der Waals surface area (Å²) in [5, 5.41) is 0. The molecule has 0 saturated carbocycles. The third kappa shape index (κ3) is 1.91. The Morgan fingerprint density at radius 3 is 3.06 bits per heavy atom. The van der Waals surface area contributed by atoms with Crippen molar-refractivity contribution in [3.8, 4) is 0 Å². The molecular formula is C15H14O2. The lowest BCUT2D eigenvalue weighted by Gasteiger charge is -2.11. The summed E-state index contributed by atoms with van der Waals surface area (Å²) in [6, 6.07) is 2.10. The van der Waals surface area contributed by atoms with Gasteiger partial charge in [0.2, 0.25) is 0 Å². The van der Waals surface area contributed by atoms with Gasteiger partial charge in [-0.05, 0) is 18.9 Å². The quantitative estimate of drug-likeness (QED) is 0.723. The van der Waals surface area contributed by atoms with Gasteiger partial charge in [-0.1, -0.05) is 30.4 Å². The second kappa shape index (κ2) is 4.21. The van der Waals surface area contributed by atoms with Crippen LogP contribution in [0.15, 0.2) is 40.4 Å². The Morgan fingerprint density at radius 2 is 2.24 bits per heavy atom. The molecule has 17 heavy (non-hydrogen) atoms. The molecule has 0 amide bonds. The SMILES string of the molecule is O=CC1=CC(c2cc3c(o2)CCC=C3)CC=C1. The van der Waals surface area contributed by atoms with Crippen LogP contribution in [-0.2, 0) is 11.2 Å². The monoisotopic (exact) mass is 226 g/mol. The summed E-state index contributed by atoms with van der Waals surface area (Å²) in [5.41, 5.74) is 1.94. The van der Waals surface area contributed by atoms with Crippen LogP contribution in [0.2, 0.25) is 0 Å². The van der Waals surface area contributed by atoms with Crippen molar-refractivity contribution in [2.24, 2.45) is 0 Å². The van der Waals surface area contributed by atoms with Gasteiger partial charge < -0.3 is 4.42 Å². The maximum Gasteiger partial charge on any atom is 0.149 e. The van der Waals surface area contributed by atoms with Crippen LogP contribution in [-0.4, -0.2) is 6.29 Å². The topological polar surface area (TPSA) is 30.2 Å². The molecule has 0 N–H and O–H groups in total. The van der Waals surface area contributed by atoms with Crippen LogP contribution in [0.25, 0.3) is 6.08 Å². The summed E-state index contributed by atoms with van der Waals surface area (Å²) < 4.78 is 5.89. The fourth-order valence-corrected chi connectivity index (χ4v) is 2.39. The summed E-state index contributed by atoms with van der Waals surface area (Å²) in [6.07, 6.45) is 14.0. The molecule has 0 fully saturated rings. The van der Waals surface area contributed by atoms with Crippen molar-refractivity contribution in [2.45, 2.75) is 25.2 Å². The number of carbonyl (C=O) groups excluding carboxylic acids is 1. The number of allylic oxidation sites excluding steroid dienone is 5. The summed E-state index contributed by atoms with van der Waals surface area (Å²) in [4.78, 5) is 10.8. The number of furan rings is 1. The fourth-order valence-electron chi connectivity index (χ4n) is 2.39. The number of fused-ring (bicyclic) bond motifs is 1. The number of aldehydes is 1. The van der Waals surface area contributed by atoms with E-state index in [4.69, 9.17) is 4.42 Å². The van der Waals surface area contributed by atoms with Crippen molar-refractivity contribution in [3.05, 3.63) is 53.0 Å². The minimum Gasteiger partial charge on any atom is -0.465 e. The molecule has 1 atom stereocenters. The van der Waals surface area contributed by atoms with Gasteiger partial charge >= 0.3 is 0 Å². The second-order valence-corrected chi connectivity index (χ2v) is 4.50. The number of carbonyl (C=O) groups is 1. The molecule has 1 heterocycles. The van der Waals surface area contributed by atoms with Crippen molar-refractivity contribution >= 4 is 12.4 Å². The molecule has 2 aliphatic carbocycles. The van der Waals surface area contributed by atoms with Gasteiger partial charge in [0.05, 0.1) is 0 Å². The van der Waals surface area contributed by atoms with Crippen LogP contribution < -0.4 is 0 Å². The Labute approximate surface area is 100 Å². The lowest BCUT2D eigenvalue weighted by Crippen LogP contribution is -1.98. The van der Waals surface area contributed by atoms with E-state index in [0.29, 0.717) is 0 Å². The van der Waals surface area contributed by atoms with Crippen LogP contribution in [0.4, 0.5) is 0 Å². The molecular weight excluding hydrogens is 212 g/mol. The molecule has 1 aromatic heterocycles. The highest BCUT2D eigenvalue weighted by molar-refractivity contribution is 5.78. The first kappa shape index (κ1) is 10.3. The lowest BCUT2D eigenvalue weighted by atomic mass is 9.94. The van der Waals surface area contributed by atoms with Crippen molar-refractivity contribution < 1.29 is 9.21 Å². The van der Waals surface area contributed by atoms with Gasteiger partial charge in [0.1, 0.15) is 17.8 Å². The molecule has 86 valence electrons. The van der Waals surface area contributed by atoms with Crippen molar-refractivity contribution in [1.82, 2.24) is 0 Å². The Hall–Kier alpha value is -1.83. The van der Waals surface area contributed by atoms with Crippen LogP contribution in [0.5, 0.6) is 0 Å². The first-order chi connectivity index (χ1) is 8.36. The zero-order chi connectivity index (χ0) is 11.7. The Bertz CT molecular complexity index is 529. The molecule has 2 nitrogen and oxygen atoms in total. The maximum absolute atomic E-state index is 10.8. The van der Waals surface area contributed by atoms with Gasteiger partial charge in [0.15, 0.2) is 0 Å². The molecule has 1 aromatic rings. The minimum absolute atomic E-state index is 0.208. The number of hydrogen-bond acceptors (Lipinski definition) is 2. The molecule has 3 rings (SSSR count). The molecule has 2 aliphatic rings. The highest BCUT2D eigenvalue weighted by Gasteiger charge is 2.18. The van der Waals surface area contributed by atoms with Crippen molar-refractivity contribution in [2.75, 3.05) is 0 Å². The van der Waals surface area contributed by atoms with Crippen molar-refractivity contribution in [3.63, 3.8) is 0 Å². The average molecular weight is 226 g/mol. The van der Waals surface area contributed by atoms with Gasteiger partial charge in [-0.15, -0.1) is 0 Å². The van der Waals surface area contributed by atoms with Gasteiger partial charge in [-0.3, -0.25) is 4.79 Å². The number of hydrogen-bond donors (Lipinski definition) is 0. The zero-order valence-electron chi connectivity index (χ0n) is 9.56. The fraction of sp³-hybridized carbons (Fsp3) is 0.267. The Kier molecular flexibility index (Phi) is 2.56. The van der Waals surface area contributed by atoms with E-state index < -0.39 is 0 Å². The van der Waals surface area contributed by atoms with Crippen LogP contribution in [0.3, 0.4) is 0 Å². The highest BCUT2D eigenvalue weighted by Crippen LogP contribution is 2.32. The van der Waals surface area contributed by atoms with Crippen molar-refractivity contribution in [1.29, 1.82) is 0 Å². The first-order valence-electron chi connectivity index (χ1n) is 5.99. The maximum atomic E-state index is 10.8. The van der Waals surface area contributed by atoms with Crippen LogP contribution >= 0.6 is 0 Å². The zero-order valence-corrected chi connectivity index (χ0v) is 9.56. The van der Waals surface area contributed by atoms with Gasteiger partial charge in [0, 0.05) is 23.5 Å². The van der Waals surface area contributed by atoms with E-state index in [0.717, 1.165) is 42.6 Å². The highest BCUT2D eigenvalue weighted by atomic mass is 16.3. The third-order valence-electron chi connectivity index (χ3n) is 3.29. The molecule has 1 unspecified atom stereocenters. The van der Waals surface area contributed by atoms with E-state index >= 15 is 0 Å². The third-order valence-corrected chi connectivity index (χ3v) is 3.29. The summed E-state index contributed by atoms with van der Waals surface area (Å²) >= 11 is 0. The normalized spacial score (nSPS) is 22.1. The van der Waals surface area contributed by atoms with E-state index in [2.05, 4.69) is 18.2 Å². The Morgan fingerprint density at radius 1 is 1.29 bits per heavy atom. The Balaban J connectivity index is 1.92. The van der Waals surface area contributed by atoms with E-state index in [1.54, 1.807) is 0 Å². The number of aryl methyl sites for hydroxylation is 1. The first-order valence-corrected chi connectivity index (χ1v) is 5.99. The van der Waals surface area contributed by atoms with Crippen LogP contribution in [0.1, 0.15) is 35.8 Å². The summed E-state index contributed by atoms with van der Waals surface area (Å²) in [5.74, 6) is 2.27. The van der Waals surface area contributed by atoms with Gasteiger partial charge in [-0.2, -0.15) is 0 Å². The van der Waals surface area contributed by atoms with Crippen LogP contribution in [0, 0.1) is 0 Å². The van der Waals surface area contributed by atoms with Gasteiger partial charge in [0.25, 0.3) is 0 Å². The largest absolute Gasteiger partial charge is 0.465 e. The predicted molar refractivity (Wildman–Crippen MR) is 66.7 cm³/mol. The van der Waals surface area contributed by atoms with E-state index in [1.807, 2.05) is 18.2 Å². The summed E-state index contributed by atoms with van der Waals surface area (Å²) in [6.45, 7) is 0. The van der Waals surface area contributed by atoms with Gasteiger partial charge in [-0.25, -0.2) is 0 Å². The van der Waals surface area contributed by atoms with E-state index in [1.165, 1.54) is 5.56 Å². The summed E-state index contributed by atoms with van der Waals surface area (Å²) in [7, 11) is 0. The predicted octanol–water partition coefficient (Wildman–Crippen LogP) is 3.41. The van der Waals surface area contributed by atoms with E-state index in [9.17, 15) is 4.79 Å². The average Bonchev–Trinajstić information content (AvgIpc) is 2.82. The minimum atomic E-state index is 0.208. The molecule has 0 aromatic carbocycles. The molecule has 0 aliphatic heterocycles. The number of rotatable bonds is 2. The standard InChI is InChI=1S/C15H14O2/c16-10-11-4-3-6-12(8-11)15-9-13-5-1-2-7-14(13)17-15/h1,3-5,8-10,12H,2,6-7H2. The molecule has 0 bridgehead atoms.